The monoisotopic (exact) mass is 577 g/mol. The van der Waals surface area contributed by atoms with Crippen LogP contribution < -0.4 is 16.0 Å². The molecule has 0 radical (unpaired) electrons. The van der Waals surface area contributed by atoms with E-state index in [1.807, 2.05) is 54.6 Å². The summed E-state index contributed by atoms with van der Waals surface area (Å²) in [6.45, 7) is -0.349. The lowest BCUT2D eigenvalue weighted by Gasteiger charge is -2.19. The molecule has 5 rings (SSSR count). The van der Waals surface area contributed by atoms with Crippen molar-refractivity contribution >= 4 is 41.1 Å². The van der Waals surface area contributed by atoms with Crippen molar-refractivity contribution in [1.29, 1.82) is 0 Å². The molecule has 3 amide bonds. The van der Waals surface area contributed by atoms with Crippen LogP contribution in [0, 0.1) is 0 Å². The number of aliphatic carboxylic acids is 1. The summed E-state index contributed by atoms with van der Waals surface area (Å²) >= 11 is 12.9. The summed E-state index contributed by atoms with van der Waals surface area (Å²) in [5, 5.41) is 17.6. The SMILES string of the molecule is O=C(NC[C@H](NC(=O)c1c(Cl)ccc(-n2cnc(-c3ccccc3)c2)c1Cl)C(=O)O)N[C@@H]1CCc2ccccc21. The summed E-state index contributed by atoms with van der Waals surface area (Å²) in [6, 6.07) is 18.4. The van der Waals surface area contributed by atoms with Crippen LogP contribution in [0.3, 0.4) is 0 Å². The van der Waals surface area contributed by atoms with Crippen molar-refractivity contribution in [1.82, 2.24) is 25.5 Å². The highest BCUT2D eigenvalue weighted by Crippen LogP contribution is 2.32. The Morgan fingerprint density at radius 1 is 1.02 bits per heavy atom. The molecule has 1 heterocycles. The summed E-state index contributed by atoms with van der Waals surface area (Å²) in [4.78, 5) is 42.0. The van der Waals surface area contributed by atoms with Gasteiger partial charge in [-0.2, -0.15) is 0 Å². The number of carboxylic acid groups (broad SMARTS) is 1. The van der Waals surface area contributed by atoms with Gasteiger partial charge >= 0.3 is 12.0 Å². The maximum absolute atomic E-state index is 13.2. The third-order valence-corrected chi connectivity index (χ3v) is 7.43. The fraction of sp³-hybridized carbons (Fsp3) is 0.172. The number of hydrogen-bond acceptors (Lipinski definition) is 4. The molecule has 2 atom stereocenters. The summed E-state index contributed by atoms with van der Waals surface area (Å²) in [6.07, 6.45) is 4.92. The van der Waals surface area contributed by atoms with E-state index in [9.17, 15) is 19.5 Å². The topological polar surface area (TPSA) is 125 Å². The molecule has 0 fully saturated rings. The predicted molar refractivity (Wildman–Crippen MR) is 152 cm³/mol. The number of carbonyl (C=O) groups is 3. The first-order valence-corrected chi connectivity index (χ1v) is 13.3. The largest absolute Gasteiger partial charge is 0.480 e. The number of urea groups is 1. The van der Waals surface area contributed by atoms with Gasteiger partial charge in [-0.15, -0.1) is 0 Å². The fourth-order valence-electron chi connectivity index (χ4n) is 4.70. The van der Waals surface area contributed by atoms with Gasteiger partial charge in [0.05, 0.1) is 45.9 Å². The number of halogens is 2. The summed E-state index contributed by atoms with van der Waals surface area (Å²) in [7, 11) is 0. The zero-order chi connectivity index (χ0) is 28.2. The quantitative estimate of drug-likeness (QED) is 0.234. The number of imidazole rings is 1. The smallest absolute Gasteiger partial charge is 0.328 e. The first-order valence-electron chi connectivity index (χ1n) is 12.6. The number of benzene rings is 3. The standard InChI is InChI=1S/C29H25Cl2N5O4/c30-20-11-13-24(36-15-23(33-16-36)18-7-2-1-3-8-18)26(31)25(20)27(37)34-22(28(38)39)14-32-29(40)35-21-12-10-17-6-4-5-9-19(17)21/h1-9,11,13,15-16,21-22H,10,12,14H2,(H,34,37)(H,38,39)(H2,32,35,40)/t21-,22+/m1/s1. The molecule has 204 valence electrons. The summed E-state index contributed by atoms with van der Waals surface area (Å²) in [5.74, 6) is -2.12. The van der Waals surface area contributed by atoms with Gasteiger partial charge in [0.25, 0.3) is 5.91 Å². The number of nitrogens with one attached hydrogen (secondary N) is 3. The maximum atomic E-state index is 13.2. The minimum absolute atomic E-state index is 0.0248. The van der Waals surface area contributed by atoms with E-state index >= 15 is 0 Å². The Kier molecular flexibility index (Phi) is 8.04. The summed E-state index contributed by atoms with van der Waals surface area (Å²) < 4.78 is 1.65. The maximum Gasteiger partial charge on any atom is 0.328 e. The zero-order valence-electron chi connectivity index (χ0n) is 21.1. The highest BCUT2D eigenvalue weighted by atomic mass is 35.5. The highest BCUT2D eigenvalue weighted by molar-refractivity contribution is 6.40. The molecular weight excluding hydrogens is 553 g/mol. The van der Waals surface area contributed by atoms with Gasteiger partial charge in [-0.1, -0.05) is 77.8 Å². The van der Waals surface area contributed by atoms with Crippen LogP contribution in [0.25, 0.3) is 16.9 Å². The van der Waals surface area contributed by atoms with Gasteiger partial charge in [-0.3, -0.25) is 4.79 Å². The van der Waals surface area contributed by atoms with Crippen molar-refractivity contribution in [3.05, 3.63) is 106 Å². The number of carbonyl (C=O) groups excluding carboxylic acids is 2. The molecule has 9 nitrogen and oxygen atoms in total. The lowest BCUT2D eigenvalue weighted by Crippen LogP contribution is -2.50. The Morgan fingerprint density at radius 2 is 1.77 bits per heavy atom. The van der Waals surface area contributed by atoms with Crippen LogP contribution in [-0.4, -0.2) is 45.2 Å². The van der Waals surface area contributed by atoms with Gasteiger partial charge in [-0.05, 0) is 36.1 Å². The van der Waals surface area contributed by atoms with Crippen LogP contribution in [0.1, 0.15) is 33.9 Å². The van der Waals surface area contributed by atoms with Gasteiger partial charge in [0.1, 0.15) is 6.04 Å². The second-order valence-electron chi connectivity index (χ2n) is 9.30. The Labute approximate surface area is 240 Å². The third-order valence-electron chi connectivity index (χ3n) is 6.74. The van der Waals surface area contributed by atoms with E-state index in [1.165, 1.54) is 11.6 Å². The number of aryl methyl sites for hydroxylation is 1. The van der Waals surface area contributed by atoms with Crippen molar-refractivity contribution in [2.24, 2.45) is 0 Å². The Morgan fingerprint density at radius 3 is 2.55 bits per heavy atom. The molecule has 0 spiro atoms. The van der Waals surface area contributed by atoms with Crippen LogP contribution in [0.4, 0.5) is 4.79 Å². The van der Waals surface area contributed by atoms with E-state index in [-0.39, 0.29) is 28.2 Å². The molecule has 1 aromatic heterocycles. The number of carboxylic acids is 1. The molecule has 1 aliphatic carbocycles. The van der Waals surface area contributed by atoms with E-state index < -0.39 is 23.9 Å². The van der Waals surface area contributed by atoms with E-state index in [0.717, 1.165) is 24.0 Å². The van der Waals surface area contributed by atoms with E-state index in [1.54, 1.807) is 23.2 Å². The zero-order valence-corrected chi connectivity index (χ0v) is 22.6. The number of fused-ring (bicyclic) bond motifs is 1. The lowest BCUT2D eigenvalue weighted by molar-refractivity contribution is -0.139. The molecule has 4 N–H and O–H groups in total. The Balaban J connectivity index is 1.27. The average molecular weight is 578 g/mol. The van der Waals surface area contributed by atoms with Crippen LogP contribution in [0.15, 0.2) is 79.3 Å². The second-order valence-corrected chi connectivity index (χ2v) is 10.1. The van der Waals surface area contributed by atoms with Crippen molar-refractivity contribution in [2.75, 3.05) is 6.54 Å². The van der Waals surface area contributed by atoms with Crippen LogP contribution >= 0.6 is 23.2 Å². The van der Waals surface area contributed by atoms with Crippen LogP contribution in [0.2, 0.25) is 10.0 Å². The van der Waals surface area contributed by atoms with Crippen molar-refractivity contribution < 1.29 is 19.5 Å². The molecule has 0 aliphatic heterocycles. The van der Waals surface area contributed by atoms with E-state index in [2.05, 4.69) is 20.9 Å². The van der Waals surface area contributed by atoms with Crippen LogP contribution in [0.5, 0.6) is 0 Å². The first kappa shape index (κ1) is 27.2. The van der Waals surface area contributed by atoms with Gasteiger partial charge in [0.15, 0.2) is 0 Å². The molecule has 0 saturated heterocycles. The summed E-state index contributed by atoms with van der Waals surface area (Å²) in [5.41, 5.74) is 4.17. The molecule has 1 aliphatic rings. The third kappa shape index (κ3) is 5.80. The van der Waals surface area contributed by atoms with Gasteiger partial charge < -0.3 is 25.6 Å². The molecule has 11 heteroatoms. The number of aromatic nitrogens is 2. The van der Waals surface area contributed by atoms with Crippen molar-refractivity contribution in [3.8, 4) is 16.9 Å². The second kappa shape index (κ2) is 11.8. The number of nitrogens with zero attached hydrogens (tertiary/aromatic N) is 2. The van der Waals surface area contributed by atoms with Crippen molar-refractivity contribution in [3.63, 3.8) is 0 Å². The molecule has 3 aromatic carbocycles. The molecule has 4 aromatic rings. The van der Waals surface area contributed by atoms with Gasteiger partial charge in [0, 0.05) is 11.8 Å². The van der Waals surface area contributed by atoms with E-state index in [0.29, 0.717) is 11.4 Å². The fourth-order valence-corrected chi connectivity index (χ4v) is 5.34. The average Bonchev–Trinajstić information content (AvgIpc) is 3.59. The Bertz CT molecular complexity index is 1570. The predicted octanol–water partition coefficient (Wildman–Crippen LogP) is 5.02. The Hall–Kier alpha value is -4.34. The minimum atomic E-state index is -1.43. The number of amides is 3. The molecule has 0 unspecified atom stereocenters. The minimum Gasteiger partial charge on any atom is -0.480 e. The molecule has 0 bridgehead atoms. The highest BCUT2D eigenvalue weighted by Gasteiger charge is 2.27. The molecular formula is C29H25Cl2N5O4. The van der Waals surface area contributed by atoms with Crippen LogP contribution in [-0.2, 0) is 11.2 Å². The number of hydrogen-bond donors (Lipinski definition) is 4. The normalized spacial score (nSPS) is 14.7. The van der Waals surface area contributed by atoms with Gasteiger partial charge in [0.2, 0.25) is 0 Å². The van der Waals surface area contributed by atoms with Gasteiger partial charge in [-0.25, -0.2) is 14.6 Å². The van der Waals surface area contributed by atoms with E-state index in [4.69, 9.17) is 23.2 Å². The number of rotatable bonds is 8. The first-order chi connectivity index (χ1) is 19.3. The van der Waals surface area contributed by atoms with Crippen molar-refractivity contribution in [2.45, 2.75) is 24.9 Å². The lowest BCUT2D eigenvalue weighted by atomic mass is 10.1. The molecule has 40 heavy (non-hydrogen) atoms. The molecule has 0 saturated carbocycles.